The number of halogens is 2. The van der Waals surface area contributed by atoms with Crippen molar-refractivity contribution in [3.63, 3.8) is 0 Å². The lowest BCUT2D eigenvalue weighted by Gasteiger charge is -2.31. The minimum Gasteiger partial charge on any atom is -0.463 e. The summed E-state index contributed by atoms with van der Waals surface area (Å²) < 4.78 is 5.43. The number of hydrogen-bond donors (Lipinski definition) is 2. The molecule has 0 aromatic heterocycles. The average molecular weight is 564 g/mol. The van der Waals surface area contributed by atoms with Crippen molar-refractivity contribution in [2.45, 2.75) is 12.8 Å². The quantitative estimate of drug-likeness (QED) is 0.294. The molecule has 0 spiro atoms. The molecule has 0 bridgehead atoms. The molecular formula is C29H23Cl2N3O3S. The molecule has 1 atom stereocenters. The number of rotatable bonds is 8. The van der Waals surface area contributed by atoms with Gasteiger partial charge in [-0.2, -0.15) is 5.26 Å². The predicted molar refractivity (Wildman–Crippen MR) is 153 cm³/mol. The van der Waals surface area contributed by atoms with Gasteiger partial charge in [-0.25, -0.2) is 4.79 Å². The molecule has 1 unspecified atom stereocenters. The molecule has 6 nitrogen and oxygen atoms in total. The molecule has 0 fully saturated rings. The van der Waals surface area contributed by atoms with Crippen LogP contribution in [0.3, 0.4) is 0 Å². The van der Waals surface area contributed by atoms with Crippen LogP contribution in [0.25, 0.3) is 5.70 Å². The molecule has 0 saturated carbocycles. The molecule has 1 aliphatic rings. The molecule has 192 valence electrons. The zero-order valence-electron chi connectivity index (χ0n) is 20.3. The van der Waals surface area contributed by atoms with E-state index in [9.17, 15) is 14.9 Å². The van der Waals surface area contributed by atoms with Crippen molar-refractivity contribution in [2.75, 3.05) is 17.7 Å². The summed E-state index contributed by atoms with van der Waals surface area (Å²) in [5.74, 6) is -1.60. The number of anilines is 1. The number of carbonyl (C=O) groups is 2. The van der Waals surface area contributed by atoms with Gasteiger partial charge in [0, 0.05) is 15.7 Å². The van der Waals surface area contributed by atoms with Crippen molar-refractivity contribution in [2.24, 2.45) is 0 Å². The van der Waals surface area contributed by atoms with E-state index in [1.165, 1.54) is 11.8 Å². The van der Waals surface area contributed by atoms with Gasteiger partial charge >= 0.3 is 5.97 Å². The number of carbonyl (C=O) groups excluding carboxylic acids is 2. The lowest BCUT2D eigenvalue weighted by molar-refractivity contribution is -0.138. The second-order valence-corrected chi connectivity index (χ2v) is 9.98. The number of benzene rings is 3. The zero-order valence-corrected chi connectivity index (χ0v) is 22.7. The maximum Gasteiger partial charge on any atom is 0.337 e. The number of dihydropyridines is 1. The summed E-state index contributed by atoms with van der Waals surface area (Å²) >= 11 is 13.7. The number of hydrogen-bond acceptors (Lipinski definition) is 6. The minimum absolute atomic E-state index is 0.0161. The average Bonchev–Trinajstić information content (AvgIpc) is 2.93. The molecule has 3 aromatic carbocycles. The fourth-order valence-electron chi connectivity index (χ4n) is 4.05. The van der Waals surface area contributed by atoms with Crippen LogP contribution in [0.1, 0.15) is 24.0 Å². The van der Waals surface area contributed by atoms with Gasteiger partial charge in [0.25, 0.3) is 0 Å². The predicted octanol–water partition coefficient (Wildman–Crippen LogP) is 6.76. The molecule has 1 amide bonds. The van der Waals surface area contributed by atoms with Gasteiger partial charge in [-0.15, -0.1) is 0 Å². The van der Waals surface area contributed by atoms with Gasteiger partial charge in [-0.3, -0.25) is 4.79 Å². The number of nitriles is 1. The molecular weight excluding hydrogens is 541 g/mol. The number of nitrogens with one attached hydrogen (secondary N) is 2. The maximum absolute atomic E-state index is 13.4. The highest BCUT2D eigenvalue weighted by atomic mass is 35.5. The van der Waals surface area contributed by atoms with E-state index in [4.69, 9.17) is 27.9 Å². The second-order valence-electron chi connectivity index (χ2n) is 8.15. The van der Waals surface area contributed by atoms with Crippen LogP contribution in [-0.4, -0.2) is 24.2 Å². The highest BCUT2D eigenvalue weighted by molar-refractivity contribution is 8.03. The number of thioether (sulfide) groups is 1. The Balaban J connectivity index is 1.76. The van der Waals surface area contributed by atoms with Crippen LogP contribution in [0, 0.1) is 11.3 Å². The van der Waals surface area contributed by atoms with Crippen LogP contribution >= 0.6 is 35.0 Å². The van der Waals surface area contributed by atoms with Gasteiger partial charge in [0.1, 0.15) is 0 Å². The SMILES string of the molecule is CCOC(=O)C1=C(c2ccccc2)NC(SCC(=O)Nc2ccc(Cl)cc2)=C(C#N)C1c1ccccc1Cl. The molecule has 4 rings (SSSR count). The summed E-state index contributed by atoms with van der Waals surface area (Å²) in [6, 6.07) is 25.4. The van der Waals surface area contributed by atoms with Crippen molar-refractivity contribution >= 4 is 58.2 Å². The highest BCUT2D eigenvalue weighted by Gasteiger charge is 2.38. The topological polar surface area (TPSA) is 91.2 Å². The van der Waals surface area contributed by atoms with Crippen molar-refractivity contribution in [1.82, 2.24) is 5.32 Å². The van der Waals surface area contributed by atoms with Crippen LogP contribution in [0.2, 0.25) is 10.0 Å². The first-order valence-electron chi connectivity index (χ1n) is 11.7. The minimum atomic E-state index is -0.800. The molecule has 0 radical (unpaired) electrons. The van der Waals surface area contributed by atoms with Gasteiger partial charge in [-0.05, 0) is 48.4 Å². The Morgan fingerprint density at radius 2 is 1.71 bits per heavy atom. The summed E-state index contributed by atoms with van der Waals surface area (Å²) in [5.41, 5.74) is 2.96. The van der Waals surface area contributed by atoms with Crippen LogP contribution < -0.4 is 10.6 Å². The molecule has 0 aliphatic carbocycles. The Labute approximate surface area is 235 Å². The Kier molecular flexibility index (Phi) is 9.14. The third kappa shape index (κ3) is 6.22. The summed E-state index contributed by atoms with van der Waals surface area (Å²) in [6.45, 7) is 1.89. The summed E-state index contributed by atoms with van der Waals surface area (Å²) in [6.07, 6.45) is 0. The Hall–Kier alpha value is -3.70. The van der Waals surface area contributed by atoms with Crippen molar-refractivity contribution in [3.8, 4) is 6.07 Å². The van der Waals surface area contributed by atoms with Crippen molar-refractivity contribution < 1.29 is 14.3 Å². The fourth-order valence-corrected chi connectivity index (χ4v) is 5.26. The fraction of sp³-hybridized carbons (Fsp3) is 0.138. The summed E-state index contributed by atoms with van der Waals surface area (Å²) in [7, 11) is 0. The summed E-state index contributed by atoms with van der Waals surface area (Å²) in [4.78, 5) is 26.1. The first-order chi connectivity index (χ1) is 18.4. The molecule has 9 heteroatoms. The molecule has 1 aliphatic heterocycles. The third-order valence-electron chi connectivity index (χ3n) is 5.70. The first-order valence-corrected chi connectivity index (χ1v) is 13.5. The van der Waals surface area contributed by atoms with E-state index >= 15 is 0 Å². The summed E-state index contributed by atoms with van der Waals surface area (Å²) in [5, 5.41) is 17.8. The maximum atomic E-state index is 13.4. The van der Waals surface area contributed by atoms with E-state index in [-0.39, 0.29) is 29.4 Å². The Morgan fingerprint density at radius 3 is 2.37 bits per heavy atom. The van der Waals surface area contributed by atoms with Crippen LogP contribution in [0.15, 0.2) is 95.0 Å². The normalized spacial score (nSPS) is 14.9. The van der Waals surface area contributed by atoms with Gasteiger partial charge in [-0.1, -0.05) is 83.5 Å². The molecule has 3 aromatic rings. The van der Waals surface area contributed by atoms with Gasteiger partial charge in [0.15, 0.2) is 0 Å². The van der Waals surface area contributed by atoms with E-state index in [1.807, 2.05) is 30.3 Å². The largest absolute Gasteiger partial charge is 0.463 e. The Morgan fingerprint density at radius 1 is 1.03 bits per heavy atom. The number of nitrogens with zero attached hydrogens (tertiary/aromatic N) is 1. The lowest BCUT2D eigenvalue weighted by atomic mass is 9.81. The van der Waals surface area contributed by atoms with E-state index in [0.717, 1.165) is 5.56 Å². The van der Waals surface area contributed by atoms with Gasteiger partial charge in [0.2, 0.25) is 5.91 Å². The Bertz CT molecular complexity index is 1450. The zero-order chi connectivity index (χ0) is 27.1. The van der Waals surface area contributed by atoms with Crippen LogP contribution in [0.4, 0.5) is 5.69 Å². The van der Waals surface area contributed by atoms with Crippen LogP contribution in [0.5, 0.6) is 0 Å². The molecule has 1 heterocycles. The first kappa shape index (κ1) is 27.3. The van der Waals surface area contributed by atoms with Gasteiger partial charge in [0.05, 0.1) is 46.2 Å². The van der Waals surface area contributed by atoms with E-state index in [2.05, 4.69) is 16.7 Å². The lowest BCUT2D eigenvalue weighted by Crippen LogP contribution is -2.30. The third-order valence-corrected chi connectivity index (χ3v) is 7.31. The molecule has 2 N–H and O–H groups in total. The van der Waals surface area contributed by atoms with Crippen molar-refractivity contribution in [3.05, 3.63) is 116 Å². The standard InChI is InChI=1S/C29H23Cl2N3O3S/c1-2-37-29(36)26-25(21-10-6-7-11-23(21)31)22(16-32)28(34-27(26)18-8-4-3-5-9-18)38-17-24(35)33-20-14-12-19(30)13-15-20/h3-15,25,34H,2,17H2,1H3,(H,33,35). The second kappa shape index (κ2) is 12.7. The highest BCUT2D eigenvalue weighted by Crippen LogP contribution is 2.45. The molecule has 38 heavy (non-hydrogen) atoms. The number of amides is 1. The van der Waals surface area contributed by atoms with Crippen molar-refractivity contribution in [1.29, 1.82) is 5.26 Å². The smallest absolute Gasteiger partial charge is 0.337 e. The van der Waals surface area contributed by atoms with E-state index in [0.29, 0.717) is 32.0 Å². The number of ether oxygens (including phenoxy) is 1. The number of esters is 1. The van der Waals surface area contributed by atoms with Crippen LogP contribution in [-0.2, 0) is 14.3 Å². The number of allylic oxidation sites excluding steroid dienone is 1. The monoisotopic (exact) mass is 563 g/mol. The van der Waals surface area contributed by atoms with Gasteiger partial charge < -0.3 is 15.4 Å². The van der Waals surface area contributed by atoms with E-state index in [1.54, 1.807) is 55.5 Å². The molecule has 0 saturated heterocycles. The van der Waals surface area contributed by atoms with E-state index < -0.39 is 11.9 Å².